The van der Waals surface area contributed by atoms with Crippen LogP contribution in [-0.4, -0.2) is 49.6 Å². The Bertz CT molecular complexity index is 142. The number of carboxylic acid groups (broad SMARTS) is 1. The number of H-pyrrole nitrogens is 1. The summed E-state index contributed by atoms with van der Waals surface area (Å²) in [7, 11) is 0. The summed E-state index contributed by atoms with van der Waals surface area (Å²) in [4.78, 5) is 15.4. The van der Waals surface area contributed by atoms with Gasteiger partial charge in [-0.25, -0.2) is 4.98 Å². The van der Waals surface area contributed by atoms with E-state index in [-0.39, 0.29) is 31.4 Å². The van der Waals surface area contributed by atoms with E-state index in [2.05, 4.69) is 9.97 Å². The molecule has 0 aliphatic rings. The standard InChI is InChI=1S/C3H4N2.C2H4O2.Mg.H2O.2H/c1-2-5-3-4-1;1-2(3)4;;;;/h1-3H,(H,4,5);1H3,(H,3,4);;1H2;;/q;;+2;;2*-1. The number of aromatic nitrogens is 2. The molecule has 4 N–H and O–H groups in total. The largest absolute Gasteiger partial charge is 2.00 e. The number of imidazole rings is 1. The number of carbonyl (C=O) groups is 1. The second-order valence-electron chi connectivity index (χ2n) is 1.28. The summed E-state index contributed by atoms with van der Waals surface area (Å²) in [6.45, 7) is 1.08. The summed E-state index contributed by atoms with van der Waals surface area (Å²) in [5, 5.41) is 7.42. The zero-order valence-corrected chi connectivity index (χ0v) is 7.66. The molecule has 62 valence electrons. The number of nitrogens with zero attached hydrogens (tertiary/aromatic N) is 1. The van der Waals surface area contributed by atoms with Gasteiger partial charge in [-0.15, -0.1) is 0 Å². The molecule has 0 aliphatic heterocycles. The molecule has 0 unspecified atom stereocenters. The van der Waals surface area contributed by atoms with Crippen molar-refractivity contribution in [2.45, 2.75) is 6.92 Å². The predicted octanol–water partition coefficient (Wildman–Crippen LogP) is -0.480. The molecule has 1 aromatic rings. The van der Waals surface area contributed by atoms with E-state index in [0.717, 1.165) is 6.92 Å². The zero-order chi connectivity index (χ0) is 7.11. The SMILES string of the molecule is CC(=O)O.O.[H-].[H-].[Mg+2].c1c[nH]cn1. The fourth-order valence-corrected chi connectivity index (χ4v) is 0.215. The fourth-order valence-electron chi connectivity index (χ4n) is 0.215. The van der Waals surface area contributed by atoms with E-state index in [1.807, 2.05) is 0 Å². The van der Waals surface area contributed by atoms with Crippen LogP contribution in [0.15, 0.2) is 18.7 Å². The number of hydrogen-bond donors (Lipinski definition) is 2. The van der Waals surface area contributed by atoms with Crippen molar-refractivity contribution in [2.75, 3.05) is 0 Å². The Morgan fingerprint density at radius 2 is 2.18 bits per heavy atom. The second-order valence-corrected chi connectivity index (χ2v) is 1.28. The van der Waals surface area contributed by atoms with Crippen LogP contribution in [0.3, 0.4) is 0 Å². The smallest absolute Gasteiger partial charge is 1.00 e. The van der Waals surface area contributed by atoms with Gasteiger partial charge in [0, 0.05) is 19.3 Å². The van der Waals surface area contributed by atoms with Gasteiger partial charge in [-0.05, 0) is 0 Å². The number of aromatic amines is 1. The molecule has 0 saturated carbocycles. The van der Waals surface area contributed by atoms with Gasteiger partial charge in [0.25, 0.3) is 5.97 Å². The van der Waals surface area contributed by atoms with E-state index < -0.39 is 5.97 Å². The molecule has 5 nitrogen and oxygen atoms in total. The molecule has 11 heavy (non-hydrogen) atoms. The van der Waals surface area contributed by atoms with Crippen molar-refractivity contribution in [1.82, 2.24) is 9.97 Å². The normalized spacial score (nSPS) is 5.91. The van der Waals surface area contributed by atoms with Crippen molar-refractivity contribution >= 4 is 29.0 Å². The van der Waals surface area contributed by atoms with E-state index in [1.165, 1.54) is 0 Å². The summed E-state index contributed by atoms with van der Waals surface area (Å²) in [6, 6.07) is 0. The van der Waals surface area contributed by atoms with E-state index in [0.29, 0.717) is 0 Å². The Morgan fingerprint density at radius 3 is 2.27 bits per heavy atom. The van der Waals surface area contributed by atoms with Gasteiger partial charge in [0.05, 0.1) is 6.33 Å². The maximum Gasteiger partial charge on any atom is 2.00 e. The van der Waals surface area contributed by atoms with E-state index in [4.69, 9.17) is 9.90 Å². The topological polar surface area (TPSA) is 97.5 Å². The van der Waals surface area contributed by atoms with Crippen molar-refractivity contribution in [3.63, 3.8) is 0 Å². The van der Waals surface area contributed by atoms with E-state index in [1.54, 1.807) is 18.7 Å². The Labute approximate surface area is 83.3 Å². The van der Waals surface area contributed by atoms with Gasteiger partial charge in [0.15, 0.2) is 0 Å². The molecular formula is C5H12MgN2O3. The van der Waals surface area contributed by atoms with Gasteiger partial charge < -0.3 is 18.4 Å². The van der Waals surface area contributed by atoms with Crippen molar-refractivity contribution in [3.05, 3.63) is 18.7 Å². The number of carboxylic acids is 1. The Morgan fingerprint density at radius 1 is 1.73 bits per heavy atom. The maximum atomic E-state index is 9.00. The van der Waals surface area contributed by atoms with Crippen molar-refractivity contribution in [3.8, 4) is 0 Å². The van der Waals surface area contributed by atoms with Crippen LogP contribution in [0.5, 0.6) is 0 Å². The van der Waals surface area contributed by atoms with Crippen LogP contribution in [0.2, 0.25) is 0 Å². The molecule has 0 saturated heterocycles. The second kappa shape index (κ2) is 12.1. The van der Waals surface area contributed by atoms with Crippen molar-refractivity contribution in [2.24, 2.45) is 0 Å². The van der Waals surface area contributed by atoms with Crippen LogP contribution >= 0.6 is 0 Å². The predicted molar refractivity (Wildman–Crippen MR) is 43.5 cm³/mol. The van der Waals surface area contributed by atoms with Crippen LogP contribution in [0.25, 0.3) is 0 Å². The summed E-state index contributed by atoms with van der Waals surface area (Å²) in [5.74, 6) is -0.833. The van der Waals surface area contributed by atoms with Crippen molar-refractivity contribution < 1.29 is 18.2 Å². The number of nitrogens with one attached hydrogen (secondary N) is 1. The van der Waals surface area contributed by atoms with E-state index >= 15 is 0 Å². The maximum absolute atomic E-state index is 9.00. The van der Waals surface area contributed by atoms with Gasteiger partial charge in [0.1, 0.15) is 0 Å². The molecule has 0 fully saturated rings. The molecule has 0 amide bonds. The molecule has 0 bridgehead atoms. The first-order valence-corrected chi connectivity index (χ1v) is 2.35. The molecule has 0 spiro atoms. The van der Waals surface area contributed by atoms with Gasteiger partial charge in [-0.2, -0.15) is 0 Å². The molecule has 1 heterocycles. The average Bonchev–Trinajstić information content (AvgIpc) is 2.11. The summed E-state index contributed by atoms with van der Waals surface area (Å²) >= 11 is 0. The van der Waals surface area contributed by atoms with Crippen LogP contribution in [0.4, 0.5) is 0 Å². The van der Waals surface area contributed by atoms with Gasteiger partial charge in [-0.3, -0.25) is 4.79 Å². The van der Waals surface area contributed by atoms with Gasteiger partial charge >= 0.3 is 23.1 Å². The van der Waals surface area contributed by atoms with Crippen LogP contribution in [0, 0.1) is 0 Å². The minimum absolute atomic E-state index is 0. The Kier molecular flexibility index (Phi) is 18.5. The van der Waals surface area contributed by atoms with Gasteiger partial charge in [0.2, 0.25) is 0 Å². The monoisotopic (exact) mass is 172 g/mol. The third kappa shape index (κ3) is 26.6. The van der Waals surface area contributed by atoms with Crippen LogP contribution in [0.1, 0.15) is 9.78 Å². The molecular weight excluding hydrogens is 160 g/mol. The van der Waals surface area contributed by atoms with Gasteiger partial charge in [-0.1, -0.05) is 0 Å². The molecule has 0 atom stereocenters. The number of rotatable bonds is 0. The van der Waals surface area contributed by atoms with Crippen LogP contribution < -0.4 is 0 Å². The zero-order valence-electron chi connectivity index (χ0n) is 8.24. The third-order valence-electron chi connectivity index (χ3n) is 0.406. The molecule has 0 aromatic carbocycles. The molecule has 0 aliphatic carbocycles. The molecule has 6 heteroatoms. The summed E-state index contributed by atoms with van der Waals surface area (Å²) in [6.07, 6.45) is 5.08. The first-order valence-electron chi connectivity index (χ1n) is 2.35. The first kappa shape index (κ1) is 16.8. The number of hydrogen-bond acceptors (Lipinski definition) is 2. The third-order valence-corrected chi connectivity index (χ3v) is 0.406. The molecule has 0 radical (unpaired) electrons. The number of aliphatic carboxylic acids is 1. The average molecular weight is 172 g/mol. The summed E-state index contributed by atoms with van der Waals surface area (Å²) in [5.41, 5.74) is 0. The quantitative estimate of drug-likeness (QED) is 0.517. The Hall–Kier alpha value is -0.594. The van der Waals surface area contributed by atoms with Crippen molar-refractivity contribution in [1.29, 1.82) is 0 Å². The van der Waals surface area contributed by atoms with Crippen LogP contribution in [-0.2, 0) is 4.79 Å². The minimum atomic E-state index is -0.833. The molecule has 1 rings (SSSR count). The van der Waals surface area contributed by atoms with E-state index in [9.17, 15) is 0 Å². The fraction of sp³-hybridized carbons (Fsp3) is 0.200. The summed E-state index contributed by atoms with van der Waals surface area (Å²) < 4.78 is 0. The minimum Gasteiger partial charge on any atom is -1.00 e. The Balaban J connectivity index is -0.0000000256. The first-order chi connectivity index (χ1) is 4.23. The molecule has 1 aromatic heterocycles.